The molecular formula is C26H23ClN4O5S. The fraction of sp³-hybridized carbons (Fsp3) is 0.154. The number of anilines is 1. The van der Waals surface area contributed by atoms with Crippen molar-refractivity contribution < 1.29 is 23.8 Å². The Morgan fingerprint density at radius 3 is 2.32 bits per heavy atom. The standard InChI is InChI=1S/C26H23ClN4O5S/c1-34-21-12-11-20(13-22(21)35-2)36-15-23-30-31-26(37-23)25(33)29-19-9-5-17(6-10-19)24(32)28-14-16-3-7-18(27)8-4-16/h3-13H,14-15H2,1-2H3,(H,28,32)(H,29,33). The van der Waals surface area contributed by atoms with E-state index in [-0.39, 0.29) is 17.5 Å². The lowest BCUT2D eigenvalue weighted by Gasteiger charge is -2.09. The molecular weight excluding hydrogens is 516 g/mol. The van der Waals surface area contributed by atoms with Gasteiger partial charge in [-0.3, -0.25) is 9.59 Å². The van der Waals surface area contributed by atoms with Gasteiger partial charge in [0.15, 0.2) is 16.5 Å². The summed E-state index contributed by atoms with van der Waals surface area (Å²) in [6.45, 7) is 0.518. The van der Waals surface area contributed by atoms with Gasteiger partial charge in [-0.1, -0.05) is 35.1 Å². The van der Waals surface area contributed by atoms with Gasteiger partial charge in [-0.25, -0.2) is 0 Å². The fourth-order valence-corrected chi connectivity index (χ4v) is 4.01. The molecule has 0 aliphatic heterocycles. The minimum atomic E-state index is -0.408. The van der Waals surface area contributed by atoms with Gasteiger partial charge in [-0.2, -0.15) is 0 Å². The average molecular weight is 539 g/mol. The third kappa shape index (κ3) is 6.96. The number of ether oxygens (including phenoxy) is 3. The summed E-state index contributed by atoms with van der Waals surface area (Å²) in [5.41, 5.74) is 1.93. The molecule has 0 aliphatic rings. The van der Waals surface area contributed by atoms with Crippen molar-refractivity contribution >= 4 is 40.4 Å². The molecule has 4 rings (SSSR count). The Morgan fingerprint density at radius 2 is 1.62 bits per heavy atom. The summed E-state index contributed by atoms with van der Waals surface area (Å²) >= 11 is 7.00. The minimum Gasteiger partial charge on any atom is -0.493 e. The van der Waals surface area contributed by atoms with Crippen LogP contribution in [0.15, 0.2) is 66.7 Å². The molecule has 3 aromatic carbocycles. The molecule has 11 heteroatoms. The number of carbonyl (C=O) groups excluding carboxylic acids is 2. The number of nitrogens with zero attached hydrogens (tertiary/aromatic N) is 2. The Kier molecular flexibility index (Phi) is 8.55. The van der Waals surface area contributed by atoms with Crippen LogP contribution in [0.1, 0.15) is 30.7 Å². The quantitative estimate of drug-likeness (QED) is 0.293. The van der Waals surface area contributed by atoms with E-state index in [1.54, 1.807) is 68.8 Å². The molecule has 190 valence electrons. The van der Waals surface area contributed by atoms with E-state index in [1.807, 2.05) is 12.1 Å². The average Bonchev–Trinajstić information content (AvgIpc) is 3.41. The second kappa shape index (κ2) is 12.2. The predicted octanol–water partition coefficient (Wildman–Crippen LogP) is 4.97. The van der Waals surface area contributed by atoms with Gasteiger partial charge >= 0.3 is 0 Å². The van der Waals surface area contributed by atoms with Crippen molar-refractivity contribution in [2.24, 2.45) is 0 Å². The molecule has 1 heterocycles. The largest absolute Gasteiger partial charge is 0.493 e. The molecule has 0 saturated carbocycles. The van der Waals surface area contributed by atoms with Gasteiger partial charge in [0.05, 0.1) is 14.2 Å². The Labute approximate surface area is 222 Å². The summed E-state index contributed by atoms with van der Waals surface area (Å²) in [6.07, 6.45) is 0. The molecule has 0 unspecified atom stereocenters. The molecule has 0 spiro atoms. The first kappa shape index (κ1) is 25.9. The van der Waals surface area contributed by atoms with Gasteiger partial charge in [0.2, 0.25) is 5.01 Å². The Bertz CT molecular complexity index is 1380. The van der Waals surface area contributed by atoms with Crippen molar-refractivity contribution in [3.8, 4) is 17.2 Å². The van der Waals surface area contributed by atoms with E-state index in [0.29, 0.717) is 45.1 Å². The lowest BCUT2D eigenvalue weighted by Crippen LogP contribution is -2.22. The van der Waals surface area contributed by atoms with Crippen LogP contribution in [0, 0.1) is 0 Å². The number of hydrogen-bond acceptors (Lipinski definition) is 8. The third-order valence-electron chi connectivity index (χ3n) is 5.15. The van der Waals surface area contributed by atoms with E-state index in [0.717, 1.165) is 16.9 Å². The second-order valence-corrected chi connectivity index (χ2v) is 9.15. The monoisotopic (exact) mass is 538 g/mol. The molecule has 2 amide bonds. The first-order valence-corrected chi connectivity index (χ1v) is 12.3. The van der Waals surface area contributed by atoms with Crippen LogP contribution < -0.4 is 24.8 Å². The van der Waals surface area contributed by atoms with Crippen LogP contribution in [0.5, 0.6) is 17.2 Å². The molecule has 0 saturated heterocycles. The zero-order chi connectivity index (χ0) is 26.2. The van der Waals surface area contributed by atoms with Crippen LogP contribution in [-0.4, -0.2) is 36.2 Å². The van der Waals surface area contributed by atoms with Crippen molar-refractivity contribution in [3.05, 3.63) is 92.9 Å². The SMILES string of the molecule is COc1ccc(OCc2nnc(C(=O)Nc3ccc(C(=O)NCc4ccc(Cl)cc4)cc3)s2)cc1OC. The van der Waals surface area contributed by atoms with Gasteiger partial charge < -0.3 is 24.8 Å². The smallest absolute Gasteiger partial charge is 0.286 e. The maximum absolute atomic E-state index is 12.6. The van der Waals surface area contributed by atoms with Crippen LogP contribution in [0.3, 0.4) is 0 Å². The summed E-state index contributed by atoms with van der Waals surface area (Å²) in [6, 6.07) is 19.0. The molecule has 9 nitrogen and oxygen atoms in total. The van der Waals surface area contributed by atoms with E-state index in [2.05, 4.69) is 20.8 Å². The zero-order valence-electron chi connectivity index (χ0n) is 20.0. The molecule has 37 heavy (non-hydrogen) atoms. The normalized spacial score (nSPS) is 10.5. The van der Waals surface area contributed by atoms with Crippen molar-refractivity contribution in [3.63, 3.8) is 0 Å². The number of amides is 2. The van der Waals surface area contributed by atoms with Crippen molar-refractivity contribution in [2.45, 2.75) is 13.2 Å². The molecule has 0 atom stereocenters. The van der Waals surface area contributed by atoms with Crippen LogP contribution in [0.25, 0.3) is 0 Å². The fourth-order valence-electron chi connectivity index (χ4n) is 3.23. The highest BCUT2D eigenvalue weighted by Crippen LogP contribution is 2.31. The number of aromatic nitrogens is 2. The third-order valence-corrected chi connectivity index (χ3v) is 6.30. The lowest BCUT2D eigenvalue weighted by molar-refractivity contribution is 0.0950. The number of carbonyl (C=O) groups is 2. The Morgan fingerprint density at radius 1 is 0.892 bits per heavy atom. The first-order chi connectivity index (χ1) is 17.9. The van der Waals surface area contributed by atoms with E-state index < -0.39 is 5.91 Å². The van der Waals surface area contributed by atoms with E-state index >= 15 is 0 Å². The van der Waals surface area contributed by atoms with Crippen LogP contribution >= 0.6 is 22.9 Å². The molecule has 1 aromatic heterocycles. The summed E-state index contributed by atoms with van der Waals surface area (Å²) in [4.78, 5) is 25.0. The Hall–Kier alpha value is -4.15. The number of nitrogens with one attached hydrogen (secondary N) is 2. The molecule has 0 fully saturated rings. The van der Waals surface area contributed by atoms with E-state index in [4.69, 9.17) is 25.8 Å². The lowest BCUT2D eigenvalue weighted by atomic mass is 10.1. The Balaban J connectivity index is 1.28. The zero-order valence-corrected chi connectivity index (χ0v) is 21.6. The van der Waals surface area contributed by atoms with Gasteiger partial charge in [-0.05, 0) is 54.1 Å². The molecule has 0 bridgehead atoms. The highest BCUT2D eigenvalue weighted by atomic mass is 35.5. The van der Waals surface area contributed by atoms with Crippen LogP contribution in [-0.2, 0) is 13.2 Å². The maximum Gasteiger partial charge on any atom is 0.286 e. The summed E-state index contributed by atoms with van der Waals surface area (Å²) in [5.74, 6) is 1.07. The van der Waals surface area contributed by atoms with Gasteiger partial charge in [0.1, 0.15) is 12.4 Å². The van der Waals surface area contributed by atoms with Crippen LogP contribution in [0.2, 0.25) is 5.02 Å². The minimum absolute atomic E-state index is 0.139. The molecule has 0 aliphatic carbocycles. The van der Waals surface area contributed by atoms with E-state index in [9.17, 15) is 9.59 Å². The molecule has 0 radical (unpaired) electrons. The maximum atomic E-state index is 12.6. The topological polar surface area (TPSA) is 112 Å². The number of benzene rings is 3. The van der Waals surface area contributed by atoms with E-state index in [1.165, 1.54) is 0 Å². The first-order valence-electron chi connectivity index (χ1n) is 11.1. The summed E-state index contributed by atoms with van der Waals surface area (Å²) < 4.78 is 16.2. The van der Waals surface area contributed by atoms with Crippen molar-refractivity contribution in [1.82, 2.24) is 15.5 Å². The highest BCUT2D eigenvalue weighted by molar-refractivity contribution is 7.13. The number of rotatable bonds is 10. The number of hydrogen-bond donors (Lipinski definition) is 2. The van der Waals surface area contributed by atoms with Gasteiger partial charge in [0, 0.05) is 28.9 Å². The molecule has 2 N–H and O–H groups in total. The second-order valence-electron chi connectivity index (χ2n) is 7.65. The van der Waals surface area contributed by atoms with Crippen molar-refractivity contribution in [2.75, 3.05) is 19.5 Å². The summed E-state index contributed by atoms with van der Waals surface area (Å²) in [5, 5.41) is 14.9. The number of methoxy groups -OCH3 is 2. The van der Waals surface area contributed by atoms with Gasteiger partial charge in [0.25, 0.3) is 11.8 Å². The van der Waals surface area contributed by atoms with Crippen molar-refractivity contribution in [1.29, 1.82) is 0 Å². The molecule has 4 aromatic rings. The van der Waals surface area contributed by atoms with Gasteiger partial charge in [-0.15, -0.1) is 10.2 Å². The van der Waals surface area contributed by atoms with Crippen LogP contribution in [0.4, 0.5) is 5.69 Å². The number of halogens is 1. The predicted molar refractivity (Wildman–Crippen MR) is 141 cm³/mol. The summed E-state index contributed by atoms with van der Waals surface area (Å²) in [7, 11) is 3.10. The highest BCUT2D eigenvalue weighted by Gasteiger charge is 2.15.